The van der Waals surface area contributed by atoms with Gasteiger partial charge in [0, 0.05) is 37.8 Å². The van der Waals surface area contributed by atoms with E-state index < -0.39 is 5.97 Å². The Hall–Kier alpha value is -2.11. The van der Waals surface area contributed by atoms with Crippen molar-refractivity contribution in [3.8, 4) is 0 Å². The van der Waals surface area contributed by atoms with Crippen LogP contribution in [0.5, 0.6) is 0 Å². The van der Waals surface area contributed by atoms with Gasteiger partial charge in [-0.1, -0.05) is 0 Å². The minimum atomic E-state index is -1.05. The number of carboxylic acids is 1. The first-order valence-electron chi connectivity index (χ1n) is 7.14. The van der Waals surface area contributed by atoms with Crippen molar-refractivity contribution in [2.24, 2.45) is 0 Å². The van der Waals surface area contributed by atoms with Gasteiger partial charge in [-0.05, 0) is 32.3 Å². The Balaban J connectivity index is 2.20. The minimum absolute atomic E-state index is 0.0243. The highest BCUT2D eigenvalue weighted by molar-refractivity contribution is 5.90. The molecule has 6 heteroatoms. The summed E-state index contributed by atoms with van der Waals surface area (Å²) in [7, 11) is 0. The molecule has 0 unspecified atom stereocenters. The van der Waals surface area contributed by atoms with E-state index in [2.05, 4.69) is 0 Å². The van der Waals surface area contributed by atoms with Crippen molar-refractivity contribution >= 4 is 11.9 Å². The molecule has 114 valence electrons. The molecule has 1 aromatic rings. The van der Waals surface area contributed by atoms with Crippen LogP contribution in [-0.2, 0) is 11.3 Å². The van der Waals surface area contributed by atoms with Crippen molar-refractivity contribution in [1.29, 1.82) is 0 Å². The molecule has 0 radical (unpaired) electrons. The van der Waals surface area contributed by atoms with E-state index in [0.29, 0.717) is 11.3 Å². The Morgan fingerprint density at radius 3 is 2.43 bits per heavy atom. The number of amides is 1. The molecule has 1 amide bonds. The first kappa shape index (κ1) is 15.3. The monoisotopic (exact) mass is 292 g/mol. The van der Waals surface area contributed by atoms with Gasteiger partial charge in [-0.2, -0.15) is 0 Å². The van der Waals surface area contributed by atoms with Crippen molar-refractivity contribution < 1.29 is 14.7 Å². The molecule has 2 heterocycles. The second kappa shape index (κ2) is 6.11. The fourth-order valence-electron chi connectivity index (χ4n) is 2.85. The maximum Gasteiger partial charge on any atom is 0.337 e. The van der Waals surface area contributed by atoms with Crippen LogP contribution in [0.3, 0.4) is 0 Å². The fourth-order valence-corrected chi connectivity index (χ4v) is 2.85. The highest BCUT2D eigenvalue weighted by atomic mass is 16.4. The van der Waals surface area contributed by atoms with Crippen LogP contribution < -0.4 is 5.56 Å². The van der Waals surface area contributed by atoms with Gasteiger partial charge in [0.2, 0.25) is 5.91 Å². The van der Waals surface area contributed by atoms with E-state index in [1.165, 1.54) is 10.6 Å². The molecule has 0 saturated carbocycles. The Kier molecular flexibility index (Phi) is 4.45. The quantitative estimate of drug-likeness (QED) is 0.903. The summed E-state index contributed by atoms with van der Waals surface area (Å²) in [5, 5.41) is 9.22. The molecular weight excluding hydrogens is 272 g/mol. The van der Waals surface area contributed by atoms with Crippen molar-refractivity contribution in [3.05, 3.63) is 33.2 Å². The van der Waals surface area contributed by atoms with Crippen LogP contribution in [-0.4, -0.2) is 39.5 Å². The van der Waals surface area contributed by atoms with Gasteiger partial charge < -0.3 is 14.6 Å². The number of carbonyl (C=O) groups excluding carboxylic acids is 1. The lowest BCUT2D eigenvalue weighted by Gasteiger charge is -2.17. The lowest BCUT2D eigenvalue weighted by Crippen LogP contribution is -2.31. The highest BCUT2D eigenvalue weighted by Crippen LogP contribution is 2.13. The molecule has 1 N–H and O–H groups in total. The summed E-state index contributed by atoms with van der Waals surface area (Å²) in [6, 6.07) is 1.32. The summed E-state index contributed by atoms with van der Waals surface area (Å²) >= 11 is 0. The number of pyridine rings is 1. The summed E-state index contributed by atoms with van der Waals surface area (Å²) in [5.74, 6) is -1.03. The average Bonchev–Trinajstić information content (AvgIpc) is 2.90. The third-order valence-corrected chi connectivity index (χ3v) is 3.99. The van der Waals surface area contributed by atoms with Gasteiger partial charge in [0.15, 0.2) is 0 Å². The van der Waals surface area contributed by atoms with Crippen LogP contribution in [0.15, 0.2) is 10.9 Å². The van der Waals surface area contributed by atoms with E-state index >= 15 is 0 Å². The average molecular weight is 292 g/mol. The van der Waals surface area contributed by atoms with E-state index in [-0.39, 0.29) is 30.0 Å². The molecular formula is C15H20N2O4. The summed E-state index contributed by atoms with van der Waals surface area (Å²) in [6.07, 6.45) is 2.28. The Morgan fingerprint density at radius 1 is 1.24 bits per heavy atom. The number of likely N-dealkylation sites (tertiary alicyclic amines) is 1. The first-order chi connectivity index (χ1) is 9.91. The molecule has 1 aliphatic heterocycles. The van der Waals surface area contributed by atoms with Crippen molar-refractivity contribution in [3.63, 3.8) is 0 Å². The standard InChI is InChI=1S/C15H20N2O4/c1-10-9-13(19)17(11(2)14(10)15(20)21)8-5-12(18)16-6-3-4-7-16/h9H,3-8H2,1-2H3,(H,20,21). The number of nitrogens with zero attached hydrogens (tertiary/aromatic N) is 2. The Labute approximate surface area is 123 Å². The van der Waals surface area contributed by atoms with Crippen LogP contribution >= 0.6 is 0 Å². The maximum atomic E-state index is 12.0. The molecule has 0 aromatic carbocycles. The van der Waals surface area contributed by atoms with E-state index in [1.807, 2.05) is 0 Å². The number of aromatic carboxylic acids is 1. The van der Waals surface area contributed by atoms with Gasteiger partial charge >= 0.3 is 5.97 Å². The predicted octanol–water partition coefficient (Wildman–Crippen LogP) is 1.18. The van der Waals surface area contributed by atoms with Gasteiger partial charge in [-0.15, -0.1) is 0 Å². The summed E-state index contributed by atoms with van der Waals surface area (Å²) in [4.78, 5) is 37.1. The van der Waals surface area contributed by atoms with Gasteiger partial charge in [0.05, 0.1) is 5.56 Å². The van der Waals surface area contributed by atoms with Crippen LogP contribution in [0.1, 0.15) is 40.9 Å². The normalized spacial score (nSPS) is 14.5. The van der Waals surface area contributed by atoms with Crippen molar-refractivity contribution in [2.75, 3.05) is 13.1 Å². The van der Waals surface area contributed by atoms with E-state index in [1.54, 1.807) is 18.7 Å². The lowest BCUT2D eigenvalue weighted by molar-refractivity contribution is -0.130. The molecule has 1 fully saturated rings. The molecule has 0 aliphatic carbocycles. The fraction of sp³-hybridized carbons (Fsp3) is 0.533. The van der Waals surface area contributed by atoms with Crippen LogP contribution in [0, 0.1) is 13.8 Å². The van der Waals surface area contributed by atoms with Gasteiger partial charge in [0.25, 0.3) is 5.56 Å². The summed E-state index contributed by atoms with van der Waals surface area (Å²) in [6.45, 7) is 5.00. The van der Waals surface area contributed by atoms with Crippen molar-refractivity contribution in [1.82, 2.24) is 9.47 Å². The number of hydrogen-bond donors (Lipinski definition) is 1. The molecule has 0 spiro atoms. The molecule has 6 nitrogen and oxygen atoms in total. The van der Waals surface area contributed by atoms with Gasteiger partial charge in [-0.25, -0.2) is 4.79 Å². The number of aryl methyl sites for hydroxylation is 1. The molecule has 0 atom stereocenters. The number of aromatic nitrogens is 1. The maximum absolute atomic E-state index is 12.0. The zero-order valence-corrected chi connectivity index (χ0v) is 12.4. The summed E-state index contributed by atoms with van der Waals surface area (Å²) < 4.78 is 1.38. The van der Waals surface area contributed by atoms with Crippen LogP contribution in [0.25, 0.3) is 0 Å². The molecule has 2 rings (SSSR count). The summed E-state index contributed by atoms with van der Waals surface area (Å²) in [5.41, 5.74) is 0.737. The minimum Gasteiger partial charge on any atom is -0.478 e. The lowest BCUT2D eigenvalue weighted by atomic mass is 10.1. The number of carbonyl (C=O) groups is 2. The Bertz CT molecular complexity index is 627. The molecule has 1 aliphatic rings. The number of hydrogen-bond acceptors (Lipinski definition) is 3. The topological polar surface area (TPSA) is 79.6 Å². The van der Waals surface area contributed by atoms with Crippen molar-refractivity contribution in [2.45, 2.75) is 39.7 Å². The SMILES string of the molecule is Cc1cc(=O)n(CCC(=O)N2CCCC2)c(C)c1C(=O)O. The third kappa shape index (κ3) is 3.15. The molecule has 1 aromatic heterocycles. The molecule has 1 saturated heterocycles. The second-order valence-corrected chi connectivity index (χ2v) is 5.42. The first-order valence-corrected chi connectivity index (χ1v) is 7.14. The number of rotatable bonds is 4. The van der Waals surface area contributed by atoms with E-state index in [4.69, 9.17) is 0 Å². The largest absolute Gasteiger partial charge is 0.478 e. The van der Waals surface area contributed by atoms with E-state index in [9.17, 15) is 19.5 Å². The van der Waals surface area contributed by atoms with Crippen LogP contribution in [0.2, 0.25) is 0 Å². The smallest absolute Gasteiger partial charge is 0.337 e. The Morgan fingerprint density at radius 2 is 1.86 bits per heavy atom. The van der Waals surface area contributed by atoms with Gasteiger partial charge in [-0.3, -0.25) is 9.59 Å². The van der Waals surface area contributed by atoms with Crippen LogP contribution in [0.4, 0.5) is 0 Å². The molecule has 0 bridgehead atoms. The zero-order valence-electron chi connectivity index (χ0n) is 12.4. The van der Waals surface area contributed by atoms with E-state index in [0.717, 1.165) is 25.9 Å². The zero-order chi connectivity index (χ0) is 15.6. The second-order valence-electron chi connectivity index (χ2n) is 5.42. The van der Waals surface area contributed by atoms with Gasteiger partial charge in [0.1, 0.15) is 0 Å². The highest BCUT2D eigenvalue weighted by Gasteiger charge is 2.19. The number of carboxylic acid groups (broad SMARTS) is 1. The predicted molar refractivity (Wildman–Crippen MR) is 77.6 cm³/mol. The third-order valence-electron chi connectivity index (χ3n) is 3.99. The molecule has 21 heavy (non-hydrogen) atoms.